The molecule has 0 bridgehead atoms. The van der Waals surface area contributed by atoms with E-state index in [-0.39, 0.29) is 22.1 Å². The van der Waals surface area contributed by atoms with Gasteiger partial charge in [0, 0.05) is 15.7 Å². The van der Waals surface area contributed by atoms with Crippen LogP contribution in [0.2, 0.25) is 0 Å². The molecule has 0 fully saturated rings. The number of hydrogen-bond acceptors (Lipinski definition) is 6. The number of benzene rings is 3. The van der Waals surface area contributed by atoms with Gasteiger partial charge in [-0.1, -0.05) is 27.5 Å². The highest BCUT2D eigenvalue weighted by atomic mass is 79.9. The smallest absolute Gasteiger partial charge is 0.343 e. The molecule has 1 aliphatic rings. The van der Waals surface area contributed by atoms with Crippen LogP contribution in [-0.2, 0) is 9.59 Å². The topological polar surface area (TPSA) is 92.8 Å². The van der Waals surface area contributed by atoms with E-state index in [1.54, 1.807) is 60.7 Å². The fourth-order valence-electron chi connectivity index (χ4n) is 3.19. The van der Waals surface area contributed by atoms with Crippen LogP contribution in [0.4, 0.5) is 11.4 Å². The van der Waals surface area contributed by atoms with Crippen molar-refractivity contribution in [2.75, 3.05) is 10.2 Å². The lowest BCUT2D eigenvalue weighted by Gasteiger charge is -2.15. The van der Waals surface area contributed by atoms with Crippen molar-refractivity contribution in [3.05, 3.63) is 99.1 Å². The Morgan fingerprint density at radius 2 is 1.44 bits per heavy atom. The van der Waals surface area contributed by atoms with Crippen molar-refractivity contribution in [2.24, 2.45) is 0 Å². The minimum absolute atomic E-state index is 0.0597. The summed E-state index contributed by atoms with van der Waals surface area (Å²) >= 11 is 9.46. The van der Waals surface area contributed by atoms with Crippen LogP contribution in [0.25, 0.3) is 0 Å². The zero-order valence-electron chi connectivity index (χ0n) is 17.7. The van der Waals surface area contributed by atoms with E-state index in [2.05, 4.69) is 21.2 Å². The number of carbonyl (C=O) groups is 4. The summed E-state index contributed by atoms with van der Waals surface area (Å²) in [6.45, 7) is 1.45. The second kappa shape index (κ2) is 9.62. The molecule has 0 aromatic heterocycles. The summed E-state index contributed by atoms with van der Waals surface area (Å²) < 4.78 is 6.12. The number of anilines is 2. The molecule has 1 heterocycles. The maximum atomic E-state index is 12.9. The molecule has 1 N–H and O–H groups in total. The van der Waals surface area contributed by atoms with Crippen LogP contribution in [0, 0.1) is 0 Å². The largest absolute Gasteiger partial charge is 0.423 e. The summed E-state index contributed by atoms with van der Waals surface area (Å²) in [5, 5.41) is 2.63. The Labute approximate surface area is 208 Å². The molecule has 0 aliphatic carbocycles. The Hall–Kier alpha value is -3.75. The van der Waals surface area contributed by atoms with Crippen LogP contribution in [0.5, 0.6) is 5.75 Å². The lowest BCUT2D eigenvalue weighted by Crippen LogP contribution is -2.32. The van der Waals surface area contributed by atoms with Crippen LogP contribution >= 0.6 is 27.5 Å². The predicted octanol–water partition coefficient (Wildman–Crippen LogP) is 5.31. The van der Waals surface area contributed by atoms with Crippen molar-refractivity contribution in [1.29, 1.82) is 0 Å². The van der Waals surface area contributed by atoms with Crippen molar-refractivity contribution < 1.29 is 23.9 Å². The number of Topliss-reactive ketones (excluding diaryl/α,β-unsaturated/α-hetero) is 1. The van der Waals surface area contributed by atoms with E-state index in [1.807, 2.05) is 0 Å². The zero-order valence-corrected chi connectivity index (χ0v) is 20.0. The molecule has 4 rings (SSSR count). The number of hydrogen-bond donors (Lipinski definition) is 1. The number of carbonyl (C=O) groups excluding carboxylic acids is 4. The third kappa shape index (κ3) is 4.78. The van der Waals surface area contributed by atoms with Gasteiger partial charge in [-0.15, -0.1) is 0 Å². The number of nitrogens with zero attached hydrogens (tertiary/aromatic N) is 1. The van der Waals surface area contributed by atoms with E-state index in [0.29, 0.717) is 22.7 Å². The minimum Gasteiger partial charge on any atom is -0.423 e. The highest BCUT2D eigenvalue weighted by Crippen LogP contribution is 2.31. The third-order valence-corrected chi connectivity index (χ3v) is 5.85. The maximum Gasteiger partial charge on any atom is 0.343 e. The molecule has 7 nitrogen and oxygen atoms in total. The average Bonchev–Trinajstić information content (AvgIpc) is 3.03. The maximum absolute atomic E-state index is 12.9. The third-order valence-electron chi connectivity index (χ3n) is 4.97. The number of ether oxygens (including phenoxy) is 1. The summed E-state index contributed by atoms with van der Waals surface area (Å²) in [6, 6.07) is 19.1. The molecule has 0 saturated heterocycles. The van der Waals surface area contributed by atoms with Crippen LogP contribution in [0.3, 0.4) is 0 Å². The van der Waals surface area contributed by atoms with Crippen molar-refractivity contribution in [3.8, 4) is 5.75 Å². The highest BCUT2D eigenvalue weighted by molar-refractivity contribution is 9.10. The molecule has 3 aromatic rings. The van der Waals surface area contributed by atoms with Gasteiger partial charge in [0.15, 0.2) is 5.78 Å². The quantitative estimate of drug-likeness (QED) is 0.198. The van der Waals surface area contributed by atoms with Gasteiger partial charge in [0.25, 0.3) is 11.8 Å². The second-order valence-corrected chi connectivity index (χ2v) is 8.58. The molecule has 0 spiro atoms. The normalized spacial score (nSPS) is 13.3. The van der Waals surface area contributed by atoms with E-state index in [1.165, 1.54) is 19.1 Å². The molecular weight excluding hydrogens is 524 g/mol. The number of amides is 2. The zero-order chi connectivity index (χ0) is 24.4. The van der Waals surface area contributed by atoms with Crippen LogP contribution in [-0.4, -0.2) is 23.6 Å². The number of ketones is 1. The lowest BCUT2D eigenvalue weighted by atomic mass is 10.1. The van der Waals surface area contributed by atoms with Gasteiger partial charge in [-0.25, -0.2) is 9.69 Å². The van der Waals surface area contributed by atoms with Gasteiger partial charge >= 0.3 is 5.97 Å². The Morgan fingerprint density at radius 3 is 2.03 bits per heavy atom. The van der Waals surface area contributed by atoms with Gasteiger partial charge in [-0.05, 0) is 79.7 Å². The molecule has 3 aromatic carbocycles. The number of rotatable bonds is 6. The second-order valence-electron chi connectivity index (χ2n) is 7.28. The lowest BCUT2D eigenvalue weighted by molar-refractivity contribution is -0.120. The molecule has 2 amide bonds. The molecule has 9 heteroatoms. The van der Waals surface area contributed by atoms with E-state index < -0.39 is 17.8 Å². The fourth-order valence-corrected chi connectivity index (χ4v) is 3.67. The predicted molar refractivity (Wildman–Crippen MR) is 131 cm³/mol. The summed E-state index contributed by atoms with van der Waals surface area (Å²) in [5.41, 5.74) is 1.57. The summed E-state index contributed by atoms with van der Waals surface area (Å²) in [7, 11) is 0. The first-order chi connectivity index (χ1) is 16.2. The van der Waals surface area contributed by atoms with E-state index in [0.717, 1.165) is 9.37 Å². The van der Waals surface area contributed by atoms with Crippen molar-refractivity contribution in [2.45, 2.75) is 6.92 Å². The van der Waals surface area contributed by atoms with Gasteiger partial charge in [0.2, 0.25) is 0 Å². The monoisotopic (exact) mass is 538 g/mol. The number of esters is 1. The van der Waals surface area contributed by atoms with Crippen molar-refractivity contribution in [3.63, 3.8) is 0 Å². The summed E-state index contributed by atoms with van der Waals surface area (Å²) in [4.78, 5) is 50.2. The van der Waals surface area contributed by atoms with Crippen LogP contribution in [0.15, 0.2) is 88.0 Å². The molecule has 0 atom stereocenters. The van der Waals surface area contributed by atoms with Crippen LogP contribution in [0.1, 0.15) is 27.6 Å². The first-order valence-corrected chi connectivity index (χ1v) is 11.2. The van der Waals surface area contributed by atoms with Crippen LogP contribution < -0.4 is 15.0 Å². The SMILES string of the molecule is CC(=O)c1ccc(OC(=O)c2ccc(NC3=C(Cl)C(=O)N(c4ccc(Br)cc4)C3=O)cc2)cc1. The molecule has 34 heavy (non-hydrogen) atoms. The Morgan fingerprint density at radius 1 is 0.853 bits per heavy atom. The van der Waals surface area contributed by atoms with Gasteiger partial charge in [0.1, 0.15) is 16.5 Å². The Kier molecular flexibility index (Phi) is 6.63. The summed E-state index contributed by atoms with van der Waals surface area (Å²) in [6.07, 6.45) is 0. The molecule has 0 unspecified atom stereocenters. The first kappa shape index (κ1) is 23.4. The Balaban J connectivity index is 1.45. The fraction of sp³-hybridized carbons (Fsp3) is 0.0400. The first-order valence-electron chi connectivity index (χ1n) is 9.99. The molecule has 170 valence electrons. The molecule has 0 saturated carbocycles. The molecule has 0 radical (unpaired) electrons. The standard InChI is InChI=1S/C25H16BrClN2O5/c1-14(30)15-4-12-20(13-5-15)34-25(33)16-2-8-18(9-3-16)28-22-21(27)23(31)29(24(22)32)19-10-6-17(26)7-11-19/h2-13,28H,1H3. The number of nitrogens with one attached hydrogen (secondary N) is 1. The van der Waals surface area contributed by atoms with Crippen molar-refractivity contribution >= 4 is 62.5 Å². The minimum atomic E-state index is -0.632. The number of imide groups is 1. The van der Waals surface area contributed by atoms with E-state index >= 15 is 0 Å². The van der Waals surface area contributed by atoms with Gasteiger partial charge in [-0.2, -0.15) is 0 Å². The average molecular weight is 540 g/mol. The van der Waals surface area contributed by atoms with E-state index in [4.69, 9.17) is 16.3 Å². The van der Waals surface area contributed by atoms with Crippen molar-refractivity contribution in [1.82, 2.24) is 0 Å². The molecular formula is C25H16BrClN2O5. The number of halogens is 2. The van der Waals surface area contributed by atoms with Gasteiger partial charge < -0.3 is 10.1 Å². The molecule has 1 aliphatic heterocycles. The van der Waals surface area contributed by atoms with E-state index in [9.17, 15) is 19.2 Å². The highest BCUT2D eigenvalue weighted by Gasteiger charge is 2.38. The summed E-state index contributed by atoms with van der Waals surface area (Å²) in [5.74, 6) is -1.59. The van der Waals surface area contributed by atoms with Gasteiger partial charge in [-0.3, -0.25) is 14.4 Å². The Bertz CT molecular complexity index is 1330. The van der Waals surface area contributed by atoms with Gasteiger partial charge in [0.05, 0.1) is 11.3 Å².